The van der Waals surface area contributed by atoms with Crippen molar-refractivity contribution in [2.75, 3.05) is 6.61 Å². The summed E-state index contributed by atoms with van der Waals surface area (Å²) in [5.74, 6) is 0.433. The predicted octanol–water partition coefficient (Wildman–Crippen LogP) is 6.06. The zero-order valence-electron chi connectivity index (χ0n) is 14.9. The van der Waals surface area contributed by atoms with Gasteiger partial charge < -0.3 is 4.84 Å². The summed E-state index contributed by atoms with van der Waals surface area (Å²) in [6, 6.07) is 0. The van der Waals surface area contributed by atoms with Crippen LogP contribution in [-0.4, -0.2) is 18.6 Å². The molecule has 0 saturated carbocycles. The highest BCUT2D eigenvalue weighted by atomic mass is 16.6. The minimum atomic E-state index is 0.433. The molecule has 0 aromatic rings. The summed E-state index contributed by atoms with van der Waals surface area (Å²) in [5, 5.41) is 3.97. The monoisotopic (exact) mass is 311 g/mol. The van der Waals surface area contributed by atoms with Crippen LogP contribution >= 0.6 is 0 Å². The molecule has 3 heteroatoms. The second kappa shape index (κ2) is 18.2. The summed E-state index contributed by atoms with van der Waals surface area (Å²) in [6.45, 7) is 5.09. The maximum atomic E-state index is 11.6. The van der Waals surface area contributed by atoms with Gasteiger partial charge in [-0.05, 0) is 38.5 Å². The van der Waals surface area contributed by atoms with Crippen LogP contribution in [0.3, 0.4) is 0 Å². The van der Waals surface area contributed by atoms with Crippen LogP contribution in [0.1, 0.15) is 104 Å². The zero-order valence-corrected chi connectivity index (χ0v) is 14.9. The number of oxime groups is 1. The summed E-state index contributed by atoms with van der Waals surface area (Å²) in [4.78, 5) is 16.9. The Balaban J connectivity index is 3.19. The fraction of sp³-hybridized carbons (Fsp3) is 0.895. The lowest BCUT2D eigenvalue weighted by atomic mass is 10.1. The number of hydrogen-bond donors (Lipinski definition) is 0. The molecule has 0 aromatic heterocycles. The van der Waals surface area contributed by atoms with Gasteiger partial charge in [-0.25, -0.2) is 0 Å². The molecule has 0 aliphatic heterocycles. The van der Waals surface area contributed by atoms with E-state index < -0.39 is 0 Å². The second-order valence-corrected chi connectivity index (χ2v) is 6.13. The Morgan fingerprint density at radius 2 is 1.41 bits per heavy atom. The van der Waals surface area contributed by atoms with Crippen LogP contribution in [0.5, 0.6) is 0 Å². The maximum Gasteiger partial charge on any atom is 0.132 e. The van der Waals surface area contributed by atoms with Crippen molar-refractivity contribution in [1.82, 2.24) is 0 Å². The number of nitrogens with zero attached hydrogens (tertiary/aromatic N) is 1. The second-order valence-electron chi connectivity index (χ2n) is 6.13. The molecule has 0 fully saturated rings. The molecule has 0 N–H and O–H groups in total. The summed E-state index contributed by atoms with van der Waals surface area (Å²) in [6.07, 6.45) is 17.3. The first-order chi connectivity index (χ1) is 10.8. The summed E-state index contributed by atoms with van der Waals surface area (Å²) < 4.78 is 0. The van der Waals surface area contributed by atoms with E-state index in [-0.39, 0.29) is 0 Å². The lowest BCUT2D eigenvalue weighted by Crippen LogP contribution is -1.98. The van der Waals surface area contributed by atoms with E-state index in [4.69, 9.17) is 4.84 Å². The van der Waals surface area contributed by atoms with E-state index in [1.807, 2.05) is 6.21 Å². The molecule has 0 heterocycles. The SMILES string of the molecule is CCCCCCC=NOCCCCCC(=O)CCCCCC. The molecule has 3 nitrogen and oxygen atoms in total. The third kappa shape index (κ3) is 17.2. The normalized spacial score (nSPS) is 11.2. The van der Waals surface area contributed by atoms with Crippen molar-refractivity contribution in [3.63, 3.8) is 0 Å². The van der Waals surface area contributed by atoms with E-state index in [0.29, 0.717) is 12.4 Å². The van der Waals surface area contributed by atoms with Gasteiger partial charge in [0.25, 0.3) is 0 Å². The van der Waals surface area contributed by atoms with Crippen LogP contribution in [0.2, 0.25) is 0 Å². The van der Waals surface area contributed by atoms with E-state index in [9.17, 15) is 4.79 Å². The zero-order chi connectivity index (χ0) is 16.3. The van der Waals surface area contributed by atoms with Crippen LogP contribution in [0.4, 0.5) is 0 Å². The Bertz CT molecular complexity index is 264. The van der Waals surface area contributed by atoms with E-state index in [1.165, 1.54) is 44.9 Å². The summed E-state index contributed by atoms with van der Waals surface area (Å²) >= 11 is 0. The molecule has 0 bridgehead atoms. The average molecular weight is 312 g/mol. The molecule has 0 amide bonds. The van der Waals surface area contributed by atoms with Gasteiger partial charge in [-0.2, -0.15) is 0 Å². The molecular formula is C19H37NO2. The summed E-state index contributed by atoms with van der Waals surface area (Å²) in [5.41, 5.74) is 0. The fourth-order valence-corrected chi connectivity index (χ4v) is 2.36. The quantitative estimate of drug-likeness (QED) is 0.186. The first kappa shape index (κ1) is 21.1. The fourth-order valence-electron chi connectivity index (χ4n) is 2.36. The van der Waals surface area contributed by atoms with Gasteiger partial charge in [0, 0.05) is 19.1 Å². The van der Waals surface area contributed by atoms with Crippen molar-refractivity contribution in [3.05, 3.63) is 0 Å². The number of hydrogen-bond acceptors (Lipinski definition) is 3. The molecule has 0 radical (unpaired) electrons. The number of rotatable bonds is 17. The van der Waals surface area contributed by atoms with E-state index in [0.717, 1.165) is 44.9 Å². The first-order valence-corrected chi connectivity index (χ1v) is 9.46. The van der Waals surface area contributed by atoms with Crippen LogP contribution in [0, 0.1) is 0 Å². The molecule has 0 aromatic carbocycles. The molecule has 130 valence electrons. The largest absolute Gasteiger partial charge is 0.396 e. The number of Topliss-reactive ketones (excluding diaryl/α,β-unsaturated/α-hetero) is 1. The highest BCUT2D eigenvalue weighted by Crippen LogP contribution is 2.08. The molecule has 0 saturated heterocycles. The minimum Gasteiger partial charge on any atom is -0.396 e. The number of carbonyl (C=O) groups is 1. The third-order valence-corrected chi connectivity index (χ3v) is 3.84. The van der Waals surface area contributed by atoms with Crippen LogP contribution in [-0.2, 0) is 9.63 Å². The Morgan fingerprint density at radius 3 is 2.05 bits per heavy atom. The van der Waals surface area contributed by atoms with Gasteiger partial charge in [0.2, 0.25) is 0 Å². The third-order valence-electron chi connectivity index (χ3n) is 3.84. The van der Waals surface area contributed by atoms with E-state index in [2.05, 4.69) is 19.0 Å². The van der Waals surface area contributed by atoms with Gasteiger partial charge in [0.1, 0.15) is 12.4 Å². The van der Waals surface area contributed by atoms with Crippen molar-refractivity contribution >= 4 is 12.0 Å². The Labute approximate surface area is 137 Å². The molecule has 0 unspecified atom stereocenters. The molecule has 0 spiro atoms. The number of unbranched alkanes of at least 4 members (excludes halogenated alkanes) is 9. The van der Waals surface area contributed by atoms with E-state index in [1.54, 1.807) is 0 Å². The van der Waals surface area contributed by atoms with Gasteiger partial charge >= 0.3 is 0 Å². The molecule has 0 rings (SSSR count). The molecule has 0 aliphatic carbocycles. The highest BCUT2D eigenvalue weighted by molar-refractivity contribution is 5.78. The standard InChI is InChI=1S/C19H37NO2/c1-3-5-7-9-13-17-20-22-18-14-10-12-16-19(21)15-11-8-6-4-2/h17H,3-16,18H2,1-2H3. The number of carbonyl (C=O) groups excluding carboxylic acids is 1. The van der Waals surface area contributed by atoms with Gasteiger partial charge in [-0.15, -0.1) is 0 Å². The Kier molecular flexibility index (Phi) is 17.5. The van der Waals surface area contributed by atoms with Crippen molar-refractivity contribution < 1.29 is 9.63 Å². The molecule has 0 atom stereocenters. The van der Waals surface area contributed by atoms with Crippen LogP contribution in [0.15, 0.2) is 5.16 Å². The van der Waals surface area contributed by atoms with Gasteiger partial charge in [-0.3, -0.25) is 4.79 Å². The van der Waals surface area contributed by atoms with Gasteiger partial charge in [0.05, 0.1) is 0 Å². The molecule has 0 aliphatic rings. The lowest BCUT2D eigenvalue weighted by Gasteiger charge is -2.02. The summed E-state index contributed by atoms with van der Waals surface area (Å²) in [7, 11) is 0. The molecular weight excluding hydrogens is 274 g/mol. The van der Waals surface area contributed by atoms with Crippen molar-refractivity contribution in [1.29, 1.82) is 0 Å². The number of ketones is 1. The van der Waals surface area contributed by atoms with Gasteiger partial charge in [0.15, 0.2) is 0 Å². The molecule has 22 heavy (non-hydrogen) atoms. The lowest BCUT2D eigenvalue weighted by molar-refractivity contribution is -0.119. The van der Waals surface area contributed by atoms with E-state index >= 15 is 0 Å². The minimum absolute atomic E-state index is 0.433. The smallest absolute Gasteiger partial charge is 0.132 e. The Morgan fingerprint density at radius 1 is 0.818 bits per heavy atom. The maximum absolute atomic E-state index is 11.6. The van der Waals surface area contributed by atoms with Crippen molar-refractivity contribution in [2.24, 2.45) is 5.16 Å². The first-order valence-electron chi connectivity index (χ1n) is 9.46. The highest BCUT2D eigenvalue weighted by Gasteiger charge is 2.01. The predicted molar refractivity (Wildman–Crippen MR) is 95.4 cm³/mol. The van der Waals surface area contributed by atoms with Crippen LogP contribution in [0.25, 0.3) is 0 Å². The topological polar surface area (TPSA) is 38.7 Å². The van der Waals surface area contributed by atoms with Crippen molar-refractivity contribution in [2.45, 2.75) is 104 Å². The van der Waals surface area contributed by atoms with Gasteiger partial charge in [-0.1, -0.05) is 57.5 Å². The van der Waals surface area contributed by atoms with Crippen molar-refractivity contribution in [3.8, 4) is 0 Å². The average Bonchev–Trinajstić information content (AvgIpc) is 2.52. The van der Waals surface area contributed by atoms with Crippen LogP contribution < -0.4 is 0 Å². The Hall–Kier alpha value is -0.860.